The topological polar surface area (TPSA) is 86.8 Å². The lowest BCUT2D eigenvalue weighted by molar-refractivity contribution is -0.119. The fraction of sp³-hybridized carbons (Fsp3) is 0.391. The lowest BCUT2D eigenvalue weighted by atomic mass is 10.1. The minimum atomic E-state index is -3.75. The van der Waals surface area contributed by atoms with Crippen molar-refractivity contribution in [2.24, 2.45) is 0 Å². The fourth-order valence-corrected chi connectivity index (χ4v) is 5.78. The number of amides is 2. The second-order valence-electron chi connectivity index (χ2n) is 8.33. The molecule has 0 bridgehead atoms. The number of carbonyl (C=O) groups is 2. The maximum Gasteiger partial charge on any atom is 0.240 e. The van der Waals surface area contributed by atoms with Crippen molar-refractivity contribution in [3.8, 4) is 0 Å². The predicted molar refractivity (Wildman–Crippen MR) is 120 cm³/mol. The highest BCUT2D eigenvalue weighted by atomic mass is 32.2. The lowest BCUT2D eigenvalue weighted by Gasteiger charge is -2.23. The first-order chi connectivity index (χ1) is 14.7. The van der Waals surface area contributed by atoms with Crippen molar-refractivity contribution in [3.63, 3.8) is 0 Å². The van der Waals surface area contributed by atoms with Crippen molar-refractivity contribution >= 4 is 33.2 Å². The third kappa shape index (κ3) is 3.97. The van der Waals surface area contributed by atoms with Crippen molar-refractivity contribution in [2.45, 2.75) is 57.0 Å². The lowest BCUT2D eigenvalue weighted by Crippen LogP contribution is -2.38. The van der Waals surface area contributed by atoms with E-state index in [4.69, 9.17) is 0 Å². The standard InChI is InChI=1S/C23H27N3O4S/c1-15-13-19-14-20(8-9-22(19)25(15)17(3)27)31(29,30)24-11-10-23(28)26-16(2)12-18-6-4-5-7-21(18)26/h4-9,14-16,24H,10-13H2,1-3H3/t15-,16+/m1/s1. The maximum atomic E-state index is 12.8. The summed E-state index contributed by atoms with van der Waals surface area (Å²) in [6.45, 7) is 5.48. The average molecular weight is 442 g/mol. The third-order valence-electron chi connectivity index (χ3n) is 6.02. The van der Waals surface area contributed by atoms with Crippen LogP contribution in [0.4, 0.5) is 11.4 Å². The number of carbonyl (C=O) groups excluding carboxylic acids is 2. The Balaban J connectivity index is 1.42. The van der Waals surface area contributed by atoms with Gasteiger partial charge in [0.15, 0.2) is 0 Å². The number of hydrogen-bond donors (Lipinski definition) is 1. The smallest absolute Gasteiger partial charge is 0.240 e. The van der Waals surface area contributed by atoms with E-state index in [2.05, 4.69) is 4.72 Å². The zero-order valence-electron chi connectivity index (χ0n) is 18.0. The molecule has 0 unspecified atom stereocenters. The van der Waals surface area contributed by atoms with Gasteiger partial charge in [-0.25, -0.2) is 13.1 Å². The van der Waals surface area contributed by atoms with E-state index < -0.39 is 10.0 Å². The summed E-state index contributed by atoms with van der Waals surface area (Å²) in [7, 11) is -3.75. The van der Waals surface area contributed by atoms with Crippen LogP contribution in [0.1, 0.15) is 38.3 Å². The number of benzene rings is 2. The molecular weight excluding hydrogens is 414 g/mol. The Bertz CT molecular complexity index is 1150. The number of fused-ring (bicyclic) bond motifs is 2. The number of anilines is 2. The first-order valence-corrected chi connectivity index (χ1v) is 12.0. The van der Waals surface area contributed by atoms with Gasteiger partial charge in [0.1, 0.15) is 0 Å². The van der Waals surface area contributed by atoms with Gasteiger partial charge in [-0.3, -0.25) is 9.59 Å². The number of hydrogen-bond acceptors (Lipinski definition) is 4. The Kier molecular flexibility index (Phi) is 5.61. The van der Waals surface area contributed by atoms with Gasteiger partial charge in [-0.05, 0) is 62.1 Å². The normalized spacial score (nSPS) is 20.0. The molecule has 0 fully saturated rings. The number of nitrogens with zero attached hydrogens (tertiary/aromatic N) is 2. The van der Waals surface area contributed by atoms with E-state index >= 15 is 0 Å². The first kappa shape index (κ1) is 21.5. The molecule has 0 aliphatic carbocycles. The second kappa shape index (κ2) is 8.09. The highest BCUT2D eigenvalue weighted by Gasteiger charge is 2.32. The summed E-state index contributed by atoms with van der Waals surface area (Å²) in [5, 5.41) is 0. The summed E-state index contributed by atoms with van der Waals surface area (Å²) in [5.74, 6) is -0.156. The van der Waals surface area contributed by atoms with E-state index in [1.165, 1.54) is 13.0 Å². The van der Waals surface area contributed by atoms with Gasteiger partial charge in [0, 0.05) is 43.3 Å². The van der Waals surface area contributed by atoms with Crippen LogP contribution in [-0.2, 0) is 32.5 Å². The van der Waals surface area contributed by atoms with Gasteiger partial charge in [0.2, 0.25) is 21.8 Å². The van der Waals surface area contributed by atoms with Crippen LogP contribution in [0.5, 0.6) is 0 Å². The van der Waals surface area contributed by atoms with Gasteiger partial charge in [-0.15, -0.1) is 0 Å². The highest BCUT2D eigenvalue weighted by Crippen LogP contribution is 2.34. The predicted octanol–water partition coefficient (Wildman–Crippen LogP) is 2.63. The molecule has 0 saturated carbocycles. The molecule has 2 aromatic carbocycles. The molecule has 1 N–H and O–H groups in total. The van der Waals surface area contributed by atoms with Crippen LogP contribution in [0, 0.1) is 0 Å². The van der Waals surface area contributed by atoms with Crippen LogP contribution in [0.25, 0.3) is 0 Å². The number of nitrogens with one attached hydrogen (secondary N) is 1. The zero-order valence-corrected chi connectivity index (χ0v) is 18.8. The van der Waals surface area contributed by atoms with Crippen LogP contribution in [0.2, 0.25) is 0 Å². The fourth-order valence-electron chi connectivity index (χ4n) is 4.70. The van der Waals surface area contributed by atoms with E-state index in [0.717, 1.165) is 28.9 Å². The van der Waals surface area contributed by atoms with Crippen LogP contribution < -0.4 is 14.5 Å². The Labute approximate surface area is 183 Å². The van der Waals surface area contributed by atoms with Gasteiger partial charge >= 0.3 is 0 Å². The minimum Gasteiger partial charge on any atom is -0.309 e. The summed E-state index contributed by atoms with van der Waals surface area (Å²) >= 11 is 0. The van der Waals surface area contributed by atoms with Crippen LogP contribution in [-0.4, -0.2) is 38.9 Å². The summed E-state index contributed by atoms with van der Waals surface area (Å²) < 4.78 is 28.1. The Hall–Kier alpha value is -2.71. The molecule has 2 heterocycles. The number of rotatable bonds is 5. The van der Waals surface area contributed by atoms with E-state index in [9.17, 15) is 18.0 Å². The van der Waals surface area contributed by atoms with Crippen LogP contribution >= 0.6 is 0 Å². The zero-order chi connectivity index (χ0) is 22.3. The molecule has 2 aliphatic heterocycles. The summed E-state index contributed by atoms with van der Waals surface area (Å²) in [6.07, 6.45) is 1.50. The summed E-state index contributed by atoms with van der Waals surface area (Å²) in [4.78, 5) is 28.3. The van der Waals surface area contributed by atoms with E-state index in [0.29, 0.717) is 6.42 Å². The Morgan fingerprint density at radius 1 is 0.968 bits per heavy atom. The molecular formula is C23H27N3O4S. The van der Waals surface area contributed by atoms with E-state index in [-0.39, 0.29) is 41.8 Å². The molecule has 0 saturated heterocycles. The Morgan fingerprint density at radius 2 is 1.61 bits per heavy atom. The van der Waals surface area contributed by atoms with Crippen molar-refractivity contribution < 1.29 is 18.0 Å². The molecule has 164 valence electrons. The van der Waals surface area contributed by atoms with Crippen LogP contribution in [0.15, 0.2) is 47.4 Å². The van der Waals surface area contributed by atoms with E-state index in [1.54, 1.807) is 21.9 Å². The van der Waals surface area contributed by atoms with E-state index in [1.807, 2.05) is 38.1 Å². The molecule has 31 heavy (non-hydrogen) atoms. The average Bonchev–Trinajstić information content (AvgIpc) is 3.22. The third-order valence-corrected chi connectivity index (χ3v) is 7.48. The highest BCUT2D eigenvalue weighted by molar-refractivity contribution is 7.89. The van der Waals surface area contributed by atoms with Crippen molar-refractivity contribution in [2.75, 3.05) is 16.3 Å². The molecule has 0 aromatic heterocycles. The van der Waals surface area contributed by atoms with Gasteiger partial charge in [-0.1, -0.05) is 18.2 Å². The monoisotopic (exact) mass is 441 g/mol. The molecule has 0 radical (unpaired) electrons. The van der Waals surface area contributed by atoms with Gasteiger partial charge in [0.25, 0.3) is 0 Å². The summed E-state index contributed by atoms with van der Waals surface area (Å²) in [6, 6.07) is 12.7. The molecule has 8 heteroatoms. The number of sulfonamides is 1. The van der Waals surface area contributed by atoms with Crippen LogP contribution in [0.3, 0.4) is 0 Å². The Morgan fingerprint density at radius 3 is 2.35 bits per heavy atom. The minimum absolute atomic E-state index is 0.00126. The SMILES string of the molecule is CC(=O)N1c2ccc(S(=O)(=O)NCCC(=O)N3c4ccccc4C[C@@H]3C)cc2C[C@H]1C. The second-order valence-corrected chi connectivity index (χ2v) is 10.1. The number of para-hydroxylation sites is 1. The summed E-state index contributed by atoms with van der Waals surface area (Å²) in [5.41, 5.74) is 3.64. The maximum absolute atomic E-state index is 12.8. The largest absolute Gasteiger partial charge is 0.309 e. The molecule has 2 aromatic rings. The molecule has 0 spiro atoms. The van der Waals surface area contributed by atoms with Gasteiger partial charge in [-0.2, -0.15) is 0 Å². The molecule has 2 amide bonds. The quantitative estimate of drug-likeness (QED) is 0.773. The van der Waals surface area contributed by atoms with Crippen molar-refractivity contribution in [1.29, 1.82) is 0 Å². The van der Waals surface area contributed by atoms with Crippen molar-refractivity contribution in [3.05, 3.63) is 53.6 Å². The van der Waals surface area contributed by atoms with Crippen molar-refractivity contribution in [1.82, 2.24) is 4.72 Å². The first-order valence-electron chi connectivity index (χ1n) is 10.5. The van der Waals surface area contributed by atoms with Gasteiger partial charge < -0.3 is 9.80 Å². The molecule has 4 rings (SSSR count). The van der Waals surface area contributed by atoms with Gasteiger partial charge in [0.05, 0.1) is 4.90 Å². The molecule has 2 atom stereocenters. The molecule has 7 nitrogen and oxygen atoms in total. The molecule has 2 aliphatic rings.